The summed E-state index contributed by atoms with van der Waals surface area (Å²) in [7, 11) is 2.18. The predicted octanol–water partition coefficient (Wildman–Crippen LogP) is 2.39. The topological polar surface area (TPSA) is 148 Å². The summed E-state index contributed by atoms with van der Waals surface area (Å²) in [5, 5.41) is 6.87. The molecule has 0 aliphatic carbocycles. The number of nitrogens with two attached hydrogens (primary N) is 1. The fourth-order valence-corrected chi connectivity index (χ4v) is 4.98. The monoisotopic (exact) mass is 512 g/mol. The molecule has 182 valence electrons. The number of anilines is 2. The molecule has 0 fully saturated rings. The van der Waals surface area contributed by atoms with Gasteiger partial charge in [0.2, 0.25) is 6.41 Å². The molecule has 1 aromatic carbocycles. The zero-order valence-corrected chi connectivity index (χ0v) is 20.8. The molecule has 1 unspecified atom stereocenters. The fraction of sp³-hybridized carbons (Fsp3) is 0.130. The number of carbonyl (C=O) groups excluding carboxylic acids is 2. The third kappa shape index (κ3) is 5.91. The van der Waals surface area contributed by atoms with Gasteiger partial charge in [0.25, 0.3) is 11.5 Å². The van der Waals surface area contributed by atoms with E-state index in [1.54, 1.807) is 56.7 Å². The van der Waals surface area contributed by atoms with Crippen LogP contribution in [0.15, 0.2) is 63.9 Å². The van der Waals surface area contributed by atoms with Crippen molar-refractivity contribution >= 4 is 56.8 Å². The van der Waals surface area contributed by atoms with E-state index in [-0.39, 0.29) is 11.1 Å². The Bertz CT molecular complexity index is 1450. The van der Waals surface area contributed by atoms with Crippen LogP contribution in [0.3, 0.4) is 0 Å². The van der Waals surface area contributed by atoms with E-state index in [1.807, 2.05) is 13.0 Å². The number of pyridine rings is 2. The van der Waals surface area contributed by atoms with E-state index in [0.717, 1.165) is 16.3 Å². The number of aromatic nitrogens is 2. The minimum atomic E-state index is -1.36. The van der Waals surface area contributed by atoms with Crippen molar-refractivity contribution in [2.75, 3.05) is 24.7 Å². The number of rotatable bonds is 7. The van der Waals surface area contributed by atoms with E-state index in [1.165, 1.54) is 22.1 Å². The van der Waals surface area contributed by atoms with Gasteiger partial charge in [-0.05, 0) is 49.4 Å². The highest BCUT2D eigenvalue weighted by atomic mass is 32.2. The molecule has 0 radical (unpaired) electrons. The average Bonchev–Trinajstić information content (AvgIpc) is 3.31. The Labute approximate surface area is 207 Å². The van der Waals surface area contributed by atoms with Crippen molar-refractivity contribution in [3.8, 4) is 5.82 Å². The fourth-order valence-electron chi connectivity index (χ4n) is 3.15. The van der Waals surface area contributed by atoms with Gasteiger partial charge < -0.3 is 16.4 Å². The molecule has 0 spiro atoms. The van der Waals surface area contributed by atoms with Gasteiger partial charge >= 0.3 is 0 Å². The lowest BCUT2D eigenvalue weighted by molar-refractivity contribution is -0.108. The quantitative estimate of drug-likeness (QED) is 0.278. The van der Waals surface area contributed by atoms with Gasteiger partial charge in [0.15, 0.2) is 11.0 Å². The number of thiophene rings is 1. The van der Waals surface area contributed by atoms with Gasteiger partial charge in [-0.3, -0.25) is 23.7 Å². The molecule has 35 heavy (non-hydrogen) atoms. The minimum Gasteiger partial charge on any atom is -0.388 e. The first-order valence-electron chi connectivity index (χ1n) is 10.3. The number of hydrogen-bond donors (Lipinski definition) is 4. The highest BCUT2D eigenvalue weighted by molar-refractivity contribution is 7.85. The van der Waals surface area contributed by atoms with Gasteiger partial charge in [-0.1, -0.05) is 0 Å². The van der Waals surface area contributed by atoms with E-state index < -0.39 is 16.9 Å². The van der Waals surface area contributed by atoms with Gasteiger partial charge in [0.05, 0.1) is 17.4 Å². The Balaban J connectivity index is 0.000000261. The summed E-state index contributed by atoms with van der Waals surface area (Å²) in [6, 6.07) is 12.3. The second kappa shape index (κ2) is 11.4. The number of nitrogens with zero attached hydrogens (tertiary/aromatic N) is 2. The van der Waals surface area contributed by atoms with Crippen molar-refractivity contribution in [3.63, 3.8) is 0 Å². The molecule has 0 aliphatic heterocycles. The number of aryl methyl sites for hydroxylation is 1. The Morgan fingerprint density at radius 1 is 1.09 bits per heavy atom. The van der Waals surface area contributed by atoms with Gasteiger partial charge in [-0.2, -0.15) is 0 Å². The van der Waals surface area contributed by atoms with Crippen LogP contribution < -0.4 is 26.6 Å². The van der Waals surface area contributed by atoms with Crippen LogP contribution in [0.4, 0.5) is 11.4 Å². The molecule has 0 saturated heterocycles. The first-order chi connectivity index (χ1) is 16.8. The summed E-state index contributed by atoms with van der Waals surface area (Å²) in [5.41, 5.74) is 7.12. The van der Waals surface area contributed by atoms with Gasteiger partial charge in [0.1, 0.15) is 10.0 Å². The molecular weight excluding hydrogens is 488 g/mol. The van der Waals surface area contributed by atoms with Crippen LogP contribution in [-0.4, -0.2) is 40.2 Å². The van der Waals surface area contributed by atoms with Crippen molar-refractivity contribution in [2.24, 2.45) is 5.73 Å². The summed E-state index contributed by atoms with van der Waals surface area (Å²) in [6.45, 7) is 1.92. The van der Waals surface area contributed by atoms with Crippen molar-refractivity contribution in [1.29, 1.82) is 0 Å². The van der Waals surface area contributed by atoms with Crippen LogP contribution in [0, 0.1) is 6.92 Å². The third-order valence-electron chi connectivity index (χ3n) is 4.91. The number of primary amides is 1. The van der Waals surface area contributed by atoms with E-state index in [4.69, 9.17) is 5.73 Å². The highest BCUT2D eigenvalue weighted by Crippen LogP contribution is 2.21. The lowest BCUT2D eigenvalue weighted by atomic mass is 10.1. The minimum absolute atomic E-state index is 0.262. The maximum absolute atomic E-state index is 12.8. The Morgan fingerprint density at radius 3 is 2.34 bits per heavy atom. The molecule has 3 heterocycles. The van der Waals surface area contributed by atoms with Crippen molar-refractivity contribution in [2.45, 2.75) is 11.1 Å². The lowest BCUT2D eigenvalue weighted by Gasteiger charge is -2.11. The van der Waals surface area contributed by atoms with Crippen LogP contribution in [0.1, 0.15) is 15.2 Å². The molecular formula is C23H24N6O4S2. The van der Waals surface area contributed by atoms with Crippen LogP contribution in [0.2, 0.25) is 0 Å². The zero-order chi connectivity index (χ0) is 25.5. The van der Waals surface area contributed by atoms with Gasteiger partial charge in [0, 0.05) is 41.6 Å². The number of hydrogen-bond acceptors (Lipinski definition) is 8. The molecule has 3 aromatic heterocycles. The number of amides is 2. The molecule has 2 amide bonds. The first-order valence-corrected chi connectivity index (χ1v) is 12.2. The van der Waals surface area contributed by atoms with Crippen molar-refractivity contribution < 1.29 is 13.8 Å². The Kier molecular flexibility index (Phi) is 8.34. The summed E-state index contributed by atoms with van der Waals surface area (Å²) in [5.74, 6) is -0.185. The summed E-state index contributed by atoms with van der Waals surface area (Å²) < 4.78 is 15.2. The molecule has 0 saturated carbocycles. The standard InChI is InChI=1S/C17H17N5O2.C6H7NO2S2/c1-19-10-3-5-12-13(7-10)14(16(18)23)9-22(17(12)24)15-6-4-11(20-2)8-21-15;1-5-2-3-6(10-5)11(9)7-4-8/h3-9,19-20H,1-2H3,(H2,18,23);2-4H,1H3,(H,7,8). The molecule has 0 bridgehead atoms. The summed E-state index contributed by atoms with van der Waals surface area (Å²) in [4.78, 5) is 39.9. The number of fused-ring (bicyclic) bond motifs is 1. The van der Waals surface area contributed by atoms with E-state index >= 15 is 0 Å². The Morgan fingerprint density at radius 2 is 1.80 bits per heavy atom. The largest absolute Gasteiger partial charge is 0.388 e. The zero-order valence-electron chi connectivity index (χ0n) is 19.2. The average molecular weight is 513 g/mol. The molecule has 0 aliphatic rings. The van der Waals surface area contributed by atoms with Gasteiger partial charge in [-0.15, -0.1) is 11.3 Å². The maximum atomic E-state index is 12.8. The first kappa shape index (κ1) is 25.6. The van der Waals surface area contributed by atoms with E-state index in [2.05, 4.69) is 20.3 Å². The van der Waals surface area contributed by atoms with Crippen LogP contribution in [0.5, 0.6) is 0 Å². The summed E-state index contributed by atoms with van der Waals surface area (Å²) in [6.07, 6.45) is 3.49. The summed E-state index contributed by atoms with van der Waals surface area (Å²) >= 11 is 1.41. The number of benzene rings is 1. The molecule has 5 N–H and O–H groups in total. The normalized spacial score (nSPS) is 11.2. The molecule has 12 heteroatoms. The molecule has 10 nitrogen and oxygen atoms in total. The van der Waals surface area contributed by atoms with E-state index in [0.29, 0.717) is 27.2 Å². The van der Waals surface area contributed by atoms with Crippen LogP contribution in [0.25, 0.3) is 16.6 Å². The predicted molar refractivity (Wildman–Crippen MR) is 140 cm³/mol. The van der Waals surface area contributed by atoms with Crippen LogP contribution >= 0.6 is 11.3 Å². The number of carbonyl (C=O) groups is 2. The van der Waals surface area contributed by atoms with Crippen molar-refractivity contribution in [1.82, 2.24) is 14.3 Å². The molecule has 4 rings (SSSR count). The second-order valence-corrected chi connectivity index (χ2v) is 9.88. The van der Waals surface area contributed by atoms with Crippen molar-refractivity contribution in [3.05, 3.63) is 75.7 Å². The maximum Gasteiger partial charge on any atom is 0.264 e. The highest BCUT2D eigenvalue weighted by Gasteiger charge is 2.14. The smallest absolute Gasteiger partial charge is 0.264 e. The van der Waals surface area contributed by atoms with E-state index in [9.17, 15) is 18.6 Å². The lowest BCUT2D eigenvalue weighted by Crippen LogP contribution is -2.23. The third-order valence-corrected chi connectivity index (χ3v) is 7.22. The SMILES string of the molecule is CNc1ccc(-n2cc(C(N)=O)c3cc(NC)ccc3c2=O)nc1.Cc1ccc(S(=O)NC=O)s1. The van der Waals surface area contributed by atoms with Crippen LogP contribution in [-0.2, 0) is 15.8 Å². The second-order valence-electron chi connectivity index (χ2n) is 7.12. The molecule has 1 atom stereocenters. The van der Waals surface area contributed by atoms with Gasteiger partial charge in [-0.25, -0.2) is 9.19 Å². The molecule has 4 aromatic rings. The Hall–Kier alpha value is -4.03. The number of nitrogens with one attached hydrogen (secondary N) is 3.